The van der Waals surface area contributed by atoms with Crippen molar-refractivity contribution in [3.8, 4) is 28.5 Å². The van der Waals surface area contributed by atoms with E-state index in [1.54, 1.807) is 31.3 Å². The molecule has 2 aromatic carbocycles. The molecule has 1 unspecified atom stereocenters. The van der Waals surface area contributed by atoms with E-state index in [0.29, 0.717) is 65.2 Å². The molecule has 8 nitrogen and oxygen atoms in total. The lowest BCUT2D eigenvalue weighted by atomic mass is 9.95. The maximum atomic E-state index is 13.5. The molecule has 1 aliphatic heterocycles. The average Bonchev–Trinajstić information content (AvgIpc) is 3.44. The molecule has 0 saturated heterocycles. The molecule has 1 atom stereocenters. The first-order chi connectivity index (χ1) is 18.0. The monoisotopic (exact) mass is 527 g/mol. The largest absolute Gasteiger partial charge is 0.507 e. The fourth-order valence-corrected chi connectivity index (χ4v) is 4.91. The molecule has 0 spiro atoms. The third-order valence-electron chi connectivity index (χ3n) is 6.58. The first-order valence-electron chi connectivity index (χ1n) is 12.7. The van der Waals surface area contributed by atoms with Gasteiger partial charge in [-0.1, -0.05) is 43.9 Å². The predicted octanol–water partition coefficient (Wildman–Crippen LogP) is 5.99. The minimum absolute atomic E-state index is 0.0344. The Kier molecular flexibility index (Phi) is 8.95. The molecule has 2 heterocycles. The van der Waals surface area contributed by atoms with Crippen molar-refractivity contribution in [2.75, 3.05) is 34.0 Å². The molecular formula is C28H34ClN3O5. The fourth-order valence-electron chi connectivity index (χ4n) is 4.74. The van der Waals surface area contributed by atoms with Crippen molar-refractivity contribution < 1.29 is 24.1 Å². The third kappa shape index (κ3) is 5.70. The maximum Gasteiger partial charge on any atom is 0.273 e. The Labute approximate surface area is 222 Å². The van der Waals surface area contributed by atoms with Gasteiger partial charge in [0.1, 0.15) is 17.1 Å². The van der Waals surface area contributed by atoms with Crippen molar-refractivity contribution in [3.63, 3.8) is 0 Å². The van der Waals surface area contributed by atoms with Gasteiger partial charge >= 0.3 is 0 Å². The van der Waals surface area contributed by atoms with E-state index >= 15 is 0 Å². The van der Waals surface area contributed by atoms with E-state index in [2.05, 4.69) is 17.1 Å². The van der Waals surface area contributed by atoms with Crippen LogP contribution < -0.4 is 9.47 Å². The summed E-state index contributed by atoms with van der Waals surface area (Å²) in [4.78, 5) is 15.3. The summed E-state index contributed by atoms with van der Waals surface area (Å²) in [5.41, 5.74) is 2.88. The van der Waals surface area contributed by atoms with E-state index in [1.807, 2.05) is 18.2 Å². The number of halogens is 1. The number of carbonyl (C=O) groups excluding carboxylic acids is 1. The number of nitrogens with one attached hydrogen (secondary N) is 1. The minimum atomic E-state index is -0.445. The molecule has 198 valence electrons. The Morgan fingerprint density at radius 1 is 1.05 bits per heavy atom. The summed E-state index contributed by atoms with van der Waals surface area (Å²) in [7, 11) is 3.25. The Balaban J connectivity index is 1.73. The van der Waals surface area contributed by atoms with E-state index in [1.165, 1.54) is 18.9 Å². The quantitative estimate of drug-likeness (QED) is 0.265. The lowest BCUT2D eigenvalue weighted by molar-refractivity contribution is 0.0723. The van der Waals surface area contributed by atoms with E-state index in [0.717, 1.165) is 18.4 Å². The standard InChI is InChI=1S/C28H34ClN3O5/c1-4-5-6-7-15-37-22-12-9-18(16-23(22)36-3)27-24-25(20-17-19(29)10-11-21(20)33)30-31-26(24)28(34)32(27)13-8-14-35-2/h9-12,16-17,27,33H,4-8,13-15H2,1-3H3,(H,30,31). The second kappa shape index (κ2) is 12.3. The van der Waals surface area contributed by atoms with Crippen LogP contribution in [-0.2, 0) is 4.74 Å². The van der Waals surface area contributed by atoms with Crippen LogP contribution in [0.25, 0.3) is 11.3 Å². The number of hydrogen-bond acceptors (Lipinski definition) is 6. The van der Waals surface area contributed by atoms with Crippen LogP contribution in [0.2, 0.25) is 5.02 Å². The molecule has 1 aromatic heterocycles. The van der Waals surface area contributed by atoms with Crippen molar-refractivity contribution in [2.45, 2.75) is 45.1 Å². The second-order valence-corrected chi connectivity index (χ2v) is 9.53. The Morgan fingerprint density at radius 2 is 1.89 bits per heavy atom. The first-order valence-corrected chi connectivity index (χ1v) is 13.1. The smallest absolute Gasteiger partial charge is 0.273 e. The number of H-pyrrole nitrogens is 1. The van der Waals surface area contributed by atoms with Crippen LogP contribution >= 0.6 is 11.6 Å². The van der Waals surface area contributed by atoms with Crippen LogP contribution in [0, 0.1) is 0 Å². The molecule has 4 rings (SSSR count). The number of aromatic hydroxyl groups is 1. The van der Waals surface area contributed by atoms with Crippen LogP contribution in [0.1, 0.15) is 66.7 Å². The normalized spacial score (nSPS) is 14.8. The van der Waals surface area contributed by atoms with Gasteiger partial charge in [0, 0.05) is 36.4 Å². The molecule has 1 aliphatic rings. The van der Waals surface area contributed by atoms with E-state index in [-0.39, 0.29) is 11.7 Å². The summed E-state index contributed by atoms with van der Waals surface area (Å²) in [6, 6.07) is 10.1. The highest BCUT2D eigenvalue weighted by atomic mass is 35.5. The first kappa shape index (κ1) is 26.8. The topological polar surface area (TPSA) is 96.9 Å². The summed E-state index contributed by atoms with van der Waals surface area (Å²) in [5.74, 6) is 1.14. The summed E-state index contributed by atoms with van der Waals surface area (Å²) in [6.45, 7) is 3.81. The lowest BCUT2D eigenvalue weighted by Gasteiger charge is -2.27. The molecule has 0 radical (unpaired) electrons. The number of unbranched alkanes of at least 4 members (excludes halogenated alkanes) is 3. The zero-order valence-electron chi connectivity index (χ0n) is 21.6. The number of nitrogens with zero attached hydrogens (tertiary/aromatic N) is 2. The van der Waals surface area contributed by atoms with Crippen LogP contribution in [0.15, 0.2) is 36.4 Å². The van der Waals surface area contributed by atoms with Gasteiger partial charge < -0.3 is 24.2 Å². The van der Waals surface area contributed by atoms with Gasteiger partial charge in [0.25, 0.3) is 5.91 Å². The van der Waals surface area contributed by atoms with Gasteiger partial charge in [-0.15, -0.1) is 0 Å². The highest BCUT2D eigenvalue weighted by molar-refractivity contribution is 6.31. The molecule has 3 aromatic rings. The molecule has 2 N–H and O–H groups in total. The fraction of sp³-hybridized carbons (Fsp3) is 0.429. The summed E-state index contributed by atoms with van der Waals surface area (Å²) >= 11 is 6.24. The molecule has 9 heteroatoms. The highest BCUT2D eigenvalue weighted by Gasteiger charge is 2.42. The van der Waals surface area contributed by atoms with Gasteiger partial charge in [0.2, 0.25) is 0 Å². The number of phenolic OH excluding ortho intramolecular Hbond substituents is 1. The molecule has 1 amide bonds. The number of aromatic amines is 1. The van der Waals surface area contributed by atoms with Gasteiger partial charge in [-0.25, -0.2) is 0 Å². The van der Waals surface area contributed by atoms with Gasteiger partial charge in [0.05, 0.1) is 19.8 Å². The number of phenols is 1. The average molecular weight is 528 g/mol. The zero-order valence-corrected chi connectivity index (χ0v) is 22.3. The van der Waals surface area contributed by atoms with Crippen LogP contribution in [0.4, 0.5) is 0 Å². The van der Waals surface area contributed by atoms with Crippen molar-refractivity contribution in [1.29, 1.82) is 0 Å². The number of fused-ring (bicyclic) bond motifs is 1. The van der Waals surface area contributed by atoms with Crippen molar-refractivity contribution in [2.24, 2.45) is 0 Å². The summed E-state index contributed by atoms with van der Waals surface area (Å²) in [6.07, 6.45) is 5.13. The molecule has 0 saturated carbocycles. The minimum Gasteiger partial charge on any atom is -0.507 e. The number of amides is 1. The van der Waals surface area contributed by atoms with E-state index < -0.39 is 6.04 Å². The van der Waals surface area contributed by atoms with Gasteiger partial charge in [-0.3, -0.25) is 9.89 Å². The number of hydrogen-bond donors (Lipinski definition) is 2. The Hall–Kier alpha value is -3.23. The van der Waals surface area contributed by atoms with E-state index in [4.69, 9.17) is 25.8 Å². The van der Waals surface area contributed by atoms with Gasteiger partial charge in [0.15, 0.2) is 11.5 Å². The zero-order chi connectivity index (χ0) is 26.4. The Bertz CT molecular complexity index is 1230. The highest BCUT2D eigenvalue weighted by Crippen LogP contribution is 2.46. The van der Waals surface area contributed by atoms with Gasteiger partial charge in [-0.2, -0.15) is 5.10 Å². The molecule has 37 heavy (non-hydrogen) atoms. The van der Waals surface area contributed by atoms with Crippen LogP contribution in [0.3, 0.4) is 0 Å². The van der Waals surface area contributed by atoms with Crippen LogP contribution in [0.5, 0.6) is 17.2 Å². The maximum absolute atomic E-state index is 13.5. The number of rotatable bonds is 13. The van der Waals surface area contributed by atoms with Gasteiger partial charge in [-0.05, 0) is 48.7 Å². The van der Waals surface area contributed by atoms with Crippen LogP contribution in [-0.4, -0.2) is 60.1 Å². The SMILES string of the molecule is CCCCCCOc1ccc(C2c3c(-c4cc(Cl)ccc4O)n[nH]c3C(=O)N2CCCOC)cc1OC. The summed E-state index contributed by atoms with van der Waals surface area (Å²) in [5, 5.41) is 18.4. The lowest BCUT2D eigenvalue weighted by Crippen LogP contribution is -2.31. The predicted molar refractivity (Wildman–Crippen MR) is 143 cm³/mol. The number of aromatic nitrogens is 2. The molecular weight excluding hydrogens is 494 g/mol. The third-order valence-corrected chi connectivity index (χ3v) is 6.82. The number of ether oxygens (including phenoxy) is 3. The number of benzene rings is 2. The number of carbonyl (C=O) groups is 1. The second-order valence-electron chi connectivity index (χ2n) is 9.09. The Morgan fingerprint density at radius 3 is 2.65 bits per heavy atom. The van der Waals surface area contributed by atoms with E-state index in [9.17, 15) is 9.90 Å². The summed E-state index contributed by atoms with van der Waals surface area (Å²) < 4.78 is 16.9. The van der Waals surface area contributed by atoms with Crippen molar-refractivity contribution in [1.82, 2.24) is 15.1 Å². The molecule has 0 fully saturated rings. The van der Waals surface area contributed by atoms with Crippen molar-refractivity contribution >= 4 is 17.5 Å². The van der Waals surface area contributed by atoms with Crippen molar-refractivity contribution in [3.05, 3.63) is 58.2 Å². The molecule has 0 aliphatic carbocycles. The number of methoxy groups -OCH3 is 2. The molecule has 0 bridgehead atoms.